The molecule has 2 heterocycles. The topological polar surface area (TPSA) is 153 Å². The van der Waals surface area contributed by atoms with E-state index in [0.717, 1.165) is 37.7 Å². The zero-order valence-electron chi connectivity index (χ0n) is 23.6. The van der Waals surface area contributed by atoms with Crippen LogP contribution in [0.4, 0.5) is 5.69 Å². The Morgan fingerprint density at radius 2 is 1.54 bits per heavy atom. The van der Waals surface area contributed by atoms with Crippen molar-refractivity contribution in [3.05, 3.63) is 47.7 Å². The number of hydrogen-bond acceptors (Lipinski definition) is 12. The molecular weight excluding hydrogens is 538 g/mol. The minimum absolute atomic E-state index is 0.0310. The van der Waals surface area contributed by atoms with E-state index in [2.05, 4.69) is 5.32 Å². The van der Waals surface area contributed by atoms with Crippen LogP contribution in [0.5, 0.6) is 5.75 Å². The summed E-state index contributed by atoms with van der Waals surface area (Å²) in [5.41, 5.74) is 1.76. The number of hydrogen-bond donors (Lipinski definition) is 1. The summed E-state index contributed by atoms with van der Waals surface area (Å²) in [6, 6.07) is 5.20. The van der Waals surface area contributed by atoms with Gasteiger partial charge in [-0.15, -0.1) is 0 Å². The van der Waals surface area contributed by atoms with Crippen LogP contribution in [-0.2, 0) is 53.1 Å². The molecule has 0 saturated carbocycles. The number of carbonyl (C=O) groups is 5. The number of anilines is 1. The molecule has 6 atom stereocenters. The lowest BCUT2D eigenvalue weighted by molar-refractivity contribution is -0.288. The highest BCUT2D eigenvalue weighted by Gasteiger charge is 2.53. The van der Waals surface area contributed by atoms with Gasteiger partial charge in [0.2, 0.25) is 12.4 Å². The van der Waals surface area contributed by atoms with Gasteiger partial charge in [0.05, 0.1) is 5.92 Å². The quantitative estimate of drug-likeness (QED) is 0.378. The number of allylic oxidation sites excluding steroid dienone is 4. The van der Waals surface area contributed by atoms with Crippen molar-refractivity contribution in [2.45, 2.75) is 77.7 Å². The average Bonchev–Trinajstić information content (AvgIpc) is 2.86. The number of nitrogens with one attached hydrogen (secondary N) is 1. The van der Waals surface area contributed by atoms with Gasteiger partial charge in [0, 0.05) is 44.5 Å². The fourth-order valence-corrected chi connectivity index (χ4v) is 5.42. The third-order valence-electron chi connectivity index (χ3n) is 7.02. The summed E-state index contributed by atoms with van der Waals surface area (Å²) in [5.74, 6) is -2.99. The van der Waals surface area contributed by atoms with Gasteiger partial charge < -0.3 is 33.7 Å². The lowest BCUT2D eigenvalue weighted by Crippen LogP contribution is -2.63. The largest absolute Gasteiger partial charge is 0.463 e. The molecule has 1 aliphatic carbocycles. The summed E-state index contributed by atoms with van der Waals surface area (Å²) in [4.78, 5) is 60.5. The molecule has 2 aliphatic heterocycles. The van der Waals surface area contributed by atoms with Crippen molar-refractivity contribution in [3.63, 3.8) is 0 Å². The highest BCUT2D eigenvalue weighted by molar-refractivity contribution is 5.98. The van der Waals surface area contributed by atoms with Crippen molar-refractivity contribution in [1.29, 1.82) is 0 Å². The second kappa shape index (κ2) is 11.7. The van der Waals surface area contributed by atoms with Gasteiger partial charge in [-0.2, -0.15) is 0 Å². The Morgan fingerprint density at radius 1 is 0.902 bits per heavy atom. The Balaban J connectivity index is 1.71. The van der Waals surface area contributed by atoms with Gasteiger partial charge in [-0.3, -0.25) is 24.0 Å². The van der Waals surface area contributed by atoms with E-state index < -0.39 is 65.9 Å². The summed E-state index contributed by atoms with van der Waals surface area (Å²) >= 11 is 0. The Kier molecular flexibility index (Phi) is 8.52. The fourth-order valence-electron chi connectivity index (χ4n) is 5.42. The summed E-state index contributed by atoms with van der Waals surface area (Å²) in [6.45, 7) is 8.19. The third-order valence-corrected chi connectivity index (χ3v) is 7.02. The standard InChI is InChI=1S/C29H33NO11/c1-14(31)36-13-23-25(37-15(2)32)26(38-16(3)33)27(39-17(4)34)28(41-23)40-18-10-11-20-19(12-18)29(5,6)24-21(30-20)8-7-9-22(24)35/h7-12,23-28,30H,13H2,1-6H3/t23-,24?,25+,26+,27-,28-/m1/s1. The van der Waals surface area contributed by atoms with Crippen LogP contribution in [0.25, 0.3) is 0 Å². The molecule has 220 valence electrons. The molecule has 0 radical (unpaired) electrons. The van der Waals surface area contributed by atoms with Gasteiger partial charge in [-0.25, -0.2) is 0 Å². The first-order chi connectivity index (χ1) is 19.3. The van der Waals surface area contributed by atoms with Crippen molar-refractivity contribution < 1.29 is 52.4 Å². The molecular formula is C29H33NO11. The van der Waals surface area contributed by atoms with E-state index >= 15 is 0 Å². The molecule has 4 rings (SSSR count). The molecule has 1 aromatic carbocycles. The zero-order valence-corrected chi connectivity index (χ0v) is 23.6. The van der Waals surface area contributed by atoms with E-state index in [1.54, 1.807) is 30.4 Å². The van der Waals surface area contributed by atoms with Gasteiger partial charge in [0.1, 0.15) is 18.5 Å². The molecule has 41 heavy (non-hydrogen) atoms. The molecule has 1 unspecified atom stereocenters. The molecule has 3 aliphatic rings. The van der Waals surface area contributed by atoms with Crippen molar-refractivity contribution >= 4 is 35.3 Å². The van der Waals surface area contributed by atoms with E-state index in [4.69, 9.17) is 28.4 Å². The highest BCUT2D eigenvalue weighted by Crippen LogP contribution is 2.47. The SMILES string of the molecule is CC(=O)OC[C@H]1O[C@@H](Oc2ccc3c(c2)C(C)(C)C2C(=O)C=CC=C2N3)[C@H](OC(C)=O)[C@@H](OC(C)=O)[C@H]1OC(C)=O. The van der Waals surface area contributed by atoms with Crippen molar-refractivity contribution in [2.75, 3.05) is 11.9 Å². The van der Waals surface area contributed by atoms with Crippen LogP contribution in [0.2, 0.25) is 0 Å². The first kappa shape index (κ1) is 29.8. The van der Waals surface area contributed by atoms with E-state index in [1.165, 1.54) is 6.92 Å². The number of esters is 4. The summed E-state index contributed by atoms with van der Waals surface area (Å²) in [5, 5.41) is 3.32. The Hall–Kier alpha value is -4.19. The van der Waals surface area contributed by atoms with Crippen LogP contribution < -0.4 is 10.1 Å². The number of fused-ring (bicyclic) bond motifs is 2. The van der Waals surface area contributed by atoms with Gasteiger partial charge >= 0.3 is 23.9 Å². The van der Waals surface area contributed by atoms with Gasteiger partial charge in [0.25, 0.3) is 0 Å². The van der Waals surface area contributed by atoms with Crippen LogP contribution >= 0.6 is 0 Å². The summed E-state index contributed by atoms with van der Waals surface area (Å²) < 4.78 is 33.7. The molecule has 1 aromatic rings. The number of rotatable bonds is 7. The number of ketones is 1. The zero-order chi connectivity index (χ0) is 30.1. The summed E-state index contributed by atoms with van der Waals surface area (Å²) in [6.07, 6.45) is -1.39. The highest BCUT2D eigenvalue weighted by atomic mass is 16.7. The predicted molar refractivity (Wildman–Crippen MR) is 141 cm³/mol. The average molecular weight is 572 g/mol. The maximum Gasteiger partial charge on any atom is 0.303 e. The first-order valence-corrected chi connectivity index (χ1v) is 13.1. The van der Waals surface area contributed by atoms with E-state index in [-0.39, 0.29) is 12.4 Å². The molecule has 0 bridgehead atoms. The number of ether oxygens (including phenoxy) is 6. The second-order valence-electron chi connectivity index (χ2n) is 10.6. The van der Waals surface area contributed by atoms with Crippen molar-refractivity contribution in [1.82, 2.24) is 0 Å². The number of carbonyl (C=O) groups excluding carboxylic acids is 5. The van der Waals surface area contributed by atoms with E-state index in [1.807, 2.05) is 19.9 Å². The first-order valence-electron chi connectivity index (χ1n) is 13.1. The molecule has 12 nitrogen and oxygen atoms in total. The molecule has 0 spiro atoms. The van der Waals surface area contributed by atoms with Gasteiger partial charge in [-0.05, 0) is 35.9 Å². The molecule has 1 saturated heterocycles. The van der Waals surface area contributed by atoms with Crippen LogP contribution in [0.15, 0.2) is 42.1 Å². The minimum atomic E-state index is -1.37. The van der Waals surface area contributed by atoms with Crippen LogP contribution in [-0.4, -0.2) is 67.0 Å². The Bertz CT molecular complexity index is 1310. The minimum Gasteiger partial charge on any atom is -0.463 e. The van der Waals surface area contributed by atoms with Crippen molar-refractivity contribution in [3.8, 4) is 5.75 Å². The monoisotopic (exact) mass is 571 g/mol. The molecule has 0 aromatic heterocycles. The van der Waals surface area contributed by atoms with Gasteiger partial charge in [-0.1, -0.05) is 19.9 Å². The maximum atomic E-state index is 12.8. The van der Waals surface area contributed by atoms with Crippen LogP contribution in [0.3, 0.4) is 0 Å². The van der Waals surface area contributed by atoms with Gasteiger partial charge in [0.15, 0.2) is 18.0 Å². The molecule has 1 fully saturated rings. The normalized spacial score (nSPS) is 27.7. The predicted octanol–water partition coefficient (Wildman–Crippen LogP) is 2.49. The summed E-state index contributed by atoms with van der Waals surface area (Å²) in [7, 11) is 0. The maximum absolute atomic E-state index is 12.8. The molecule has 1 N–H and O–H groups in total. The van der Waals surface area contributed by atoms with Crippen LogP contribution in [0, 0.1) is 5.92 Å². The van der Waals surface area contributed by atoms with Crippen molar-refractivity contribution in [2.24, 2.45) is 5.92 Å². The van der Waals surface area contributed by atoms with E-state index in [9.17, 15) is 24.0 Å². The number of benzene rings is 1. The Morgan fingerprint density at radius 3 is 2.17 bits per heavy atom. The molecule has 0 amide bonds. The second-order valence-corrected chi connectivity index (χ2v) is 10.6. The lowest BCUT2D eigenvalue weighted by Gasteiger charge is -2.44. The Labute approximate surface area is 236 Å². The smallest absolute Gasteiger partial charge is 0.303 e. The lowest BCUT2D eigenvalue weighted by atomic mass is 9.66. The van der Waals surface area contributed by atoms with E-state index in [0.29, 0.717) is 5.75 Å². The van der Waals surface area contributed by atoms with Crippen LogP contribution in [0.1, 0.15) is 47.1 Å². The molecule has 12 heteroatoms. The third kappa shape index (κ3) is 6.43. The fraction of sp³-hybridized carbons (Fsp3) is 0.483.